The summed E-state index contributed by atoms with van der Waals surface area (Å²) in [6.45, 7) is 0. The molecular formula is C13H10FN3S. The van der Waals surface area contributed by atoms with E-state index in [0.717, 1.165) is 11.4 Å². The molecule has 0 amide bonds. The second kappa shape index (κ2) is 4.78. The van der Waals surface area contributed by atoms with Gasteiger partial charge < -0.3 is 4.90 Å². The maximum atomic E-state index is 12.9. The van der Waals surface area contributed by atoms with E-state index in [1.54, 1.807) is 30.1 Å². The standard InChI is InChI=1S/C13H10FN3S/c14-11-3-1-10(2-4-11)13-17(7-8-18-13)12-5-6-15-9-16-12/h1-9,13H. The highest BCUT2D eigenvalue weighted by Crippen LogP contribution is 2.40. The Bertz CT molecular complexity index is 556. The molecule has 2 aromatic rings. The number of halogens is 1. The molecule has 0 spiro atoms. The number of anilines is 1. The lowest BCUT2D eigenvalue weighted by Crippen LogP contribution is -2.18. The van der Waals surface area contributed by atoms with Crippen molar-refractivity contribution in [2.75, 3.05) is 4.90 Å². The van der Waals surface area contributed by atoms with Gasteiger partial charge >= 0.3 is 0 Å². The molecule has 5 heteroatoms. The molecule has 1 atom stereocenters. The predicted molar refractivity (Wildman–Crippen MR) is 70.4 cm³/mol. The summed E-state index contributed by atoms with van der Waals surface area (Å²) >= 11 is 1.67. The van der Waals surface area contributed by atoms with Crippen molar-refractivity contribution in [3.63, 3.8) is 0 Å². The second-order valence-electron chi connectivity index (χ2n) is 3.80. The fraction of sp³-hybridized carbons (Fsp3) is 0.0769. The maximum absolute atomic E-state index is 12.9. The molecule has 0 aliphatic carbocycles. The maximum Gasteiger partial charge on any atom is 0.137 e. The third kappa shape index (κ3) is 2.09. The van der Waals surface area contributed by atoms with Crippen molar-refractivity contribution < 1.29 is 4.39 Å². The molecule has 0 radical (unpaired) electrons. The van der Waals surface area contributed by atoms with E-state index in [1.165, 1.54) is 18.5 Å². The van der Waals surface area contributed by atoms with E-state index in [-0.39, 0.29) is 11.2 Å². The molecule has 2 heterocycles. The first-order chi connectivity index (χ1) is 8.84. The fourth-order valence-electron chi connectivity index (χ4n) is 1.82. The monoisotopic (exact) mass is 259 g/mol. The predicted octanol–water partition coefficient (Wildman–Crippen LogP) is 3.34. The Kier molecular flexibility index (Phi) is 2.98. The highest BCUT2D eigenvalue weighted by atomic mass is 32.2. The molecule has 18 heavy (non-hydrogen) atoms. The molecule has 3 nitrogen and oxygen atoms in total. The molecule has 1 aliphatic heterocycles. The van der Waals surface area contributed by atoms with E-state index in [9.17, 15) is 4.39 Å². The number of hydrogen-bond donors (Lipinski definition) is 0. The van der Waals surface area contributed by atoms with Crippen LogP contribution in [0.25, 0.3) is 0 Å². The van der Waals surface area contributed by atoms with Gasteiger partial charge in [0.1, 0.15) is 23.3 Å². The second-order valence-corrected chi connectivity index (χ2v) is 4.79. The topological polar surface area (TPSA) is 29.0 Å². The number of rotatable bonds is 2. The van der Waals surface area contributed by atoms with Crippen LogP contribution in [0, 0.1) is 5.82 Å². The summed E-state index contributed by atoms with van der Waals surface area (Å²) in [5.41, 5.74) is 1.05. The van der Waals surface area contributed by atoms with Gasteiger partial charge in [-0.05, 0) is 29.2 Å². The zero-order valence-corrected chi connectivity index (χ0v) is 10.2. The normalized spacial score (nSPS) is 18.3. The smallest absolute Gasteiger partial charge is 0.137 e. The zero-order chi connectivity index (χ0) is 12.4. The van der Waals surface area contributed by atoms with Gasteiger partial charge in [0.15, 0.2) is 0 Å². The van der Waals surface area contributed by atoms with Gasteiger partial charge in [0.25, 0.3) is 0 Å². The van der Waals surface area contributed by atoms with Gasteiger partial charge in [-0.15, -0.1) is 11.8 Å². The Morgan fingerprint density at radius 1 is 1.17 bits per heavy atom. The van der Waals surface area contributed by atoms with Crippen LogP contribution in [0.5, 0.6) is 0 Å². The van der Waals surface area contributed by atoms with Crippen molar-refractivity contribution in [1.82, 2.24) is 9.97 Å². The summed E-state index contributed by atoms with van der Waals surface area (Å²) in [5, 5.41) is 2.11. The van der Waals surface area contributed by atoms with Gasteiger partial charge in [-0.1, -0.05) is 12.1 Å². The van der Waals surface area contributed by atoms with E-state index in [0.29, 0.717) is 0 Å². The Hall–Kier alpha value is -1.88. The fourth-order valence-corrected chi connectivity index (χ4v) is 2.79. The largest absolute Gasteiger partial charge is 0.315 e. The summed E-state index contributed by atoms with van der Waals surface area (Å²) in [6, 6.07) is 8.41. The van der Waals surface area contributed by atoms with Gasteiger partial charge in [-0.2, -0.15) is 0 Å². The van der Waals surface area contributed by atoms with Crippen LogP contribution in [0.4, 0.5) is 10.2 Å². The van der Waals surface area contributed by atoms with Crippen LogP contribution in [-0.4, -0.2) is 9.97 Å². The van der Waals surface area contributed by atoms with Gasteiger partial charge in [0, 0.05) is 12.4 Å². The van der Waals surface area contributed by atoms with E-state index >= 15 is 0 Å². The molecule has 1 aliphatic rings. The summed E-state index contributed by atoms with van der Waals surface area (Å²) in [5.74, 6) is 0.615. The molecule has 1 aromatic carbocycles. The van der Waals surface area contributed by atoms with Crippen LogP contribution in [0.2, 0.25) is 0 Å². The molecule has 1 aromatic heterocycles. The lowest BCUT2D eigenvalue weighted by molar-refractivity contribution is 0.627. The lowest BCUT2D eigenvalue weighted by Gasteiger charge is -2.23. The minimum Gasteiger partial charge on any atom is -0.315 e. The van der Waals surface area contributed by atoms with Gasteiger partial charge in [-0.3, -0.25) is 0 Å². The molecule has 0 saturated heterocycles. The van der Waals surface area contributed by atoms with Crippen LogP contribution in [-0.2, 0) is 0 Å². The number of nitrogens with zero attached hydrogens (tertiary/aromatic N) is 3. The van der Waals surface area contributed by atoms with Crippen LogP contribution in [0.1, 0.15) is 10.9 Å². The quantitative estimate of drug-likeness (QED) is 0.827. The molecule has 3 rings (SSSR count). The highest BCUT2D eigenvalue weighted by molar-refractivity contribution is 8.02. The van der Waals surface area contributed by atoms with Gasteiger partial charge in [0.2, 0.25) is 0 Å². The van der Waals surface area contributed by atoms with E-state index in [1.807, 2.05) is 22.6 Å². The lowest BCUT2D eigenvalue weighted by atomic mass is 10.2. The minimum atomic E-state index is -0.219. The molecule has 0 saturated carbocycles. The molecule has 0 fully saturated rings. The van der Waals surface area contributed by atoms with Crippen molar-refractivity contribution in [2.24, 2.45) is 0 Å². The van der Waals surface area contributed by atoms with Gasteiger partial charge in [-0.25, -0.2) is 14.4 Å². The van der Waals surface area contributed by atoms with Gasteiger partial charge in [0.05, 0.1) is 0 Å². The van der Waals surface area contributed by atoms with Crippen molar-refractivity contribution >= 4 is 17.6 Å². The summed E-state index contributed by atoms with van der Waals surface area (Å²) in [6.07, 6.45) is 5.20. The van der Waals surface area contributed by atoms with E-state index in [2.05, 4.69) is 9.97 Å². The Labute approximate surface area is 108 Å². The highest BCUT2D eigenvalue weighted by Gasteiger charge is 2.23. The van der Waals surface area contributed by atoms with E-state index < -0.39 is 0 Å². The van der Waals surface area contributed by atoms with Crippen molar-refractivity contribution in [3.8, 4) is 0 Å². The Morgan fingerprint density at radius 2 is 2.00 bits per heavy atom. The minimum absolute atomic E-state index is 0.0977. The summed E-state index contributed by atoms with van der Waals surface area (Å²) < 4.78 is 12.9. The average molecular weight is 259 g/mol. The Morgan fingerprint density at radius 3 is 2.72 bits per heavy atom. The van der Waals surface area contributed by atoms with Crippen molar-refractivity contribution in [2.45, 2.75) is 5.37 Å². The Balaban J connectivity index is 1.91. The number of aromatic nitrogens is 2. The molecule has 0 N–H and O–H groups in total. The van der Waals surface area contributed by atoms with Crippen LogP contribution in [0.3, 0.4) is 0 Å². The third-order valence-corrected chi connectivity index (χ3v) is 3.70. The molecule has 0 bridgehead atoms. The average Bonchev–Trinajstić information content (AvgIpc) is 2.90. The summed E-state index contributed by atoms with van der Waals surface area (Å²) in [7, 11) is 0. The SMILES string of the molecule is Fc1ccc(C2SC=CN2c2ccncn2)cc1. The van der Waals surface area contributed by atoms with Crippen LogP contribution >= 0.6 is 11.8 Å². The van der Waals surface area contributed by atoms with Crippen molar-refractivity contribution in [3.05, 3.63) is 65.8 Å². The molecule has 1 unspecified atom stereocenters. The number of hydrogen-bond acceptors (Lipinski definition) is 4. The molecular weight excluding hydrogens is 249 g/mol. The van der Waals surface area contributed by atoms with Crippen LogP contribution in [0.15, 0.2) is 54.5 Å². The zero-order valence-electron chi connectivity index (χ0n) is 9.40. The first kappa shape index (κ1) is 11.2. The van der Waals surface area contributed by atoms with E-state index in [4.69, 9.17) is 0 Å². The molecule has 90 valence electrons. The number of benzene rings is 1. The third-order valence-electron chi connectivity index (χ3n) is 2.67. The first-order valence-electron chi connectivity index (χ1n) is 5.46. The first-order valence-corrected chi connectivity index (χ1v) is 6.41. The number of thioether (sulfide) groups is 1. The van der Waals surface area contributed by atoms with Crippen molar-refractivity contribution in [1.29, 1.82) is 0 Å². The summed E-state index contributed by atoms with van der Waals surface area (Å²) in [4.78, 5) is 10.2. The van der Waals surface area contributed by atoms with Crippen LogP contribution < -0.4 is 4.90 Å².